The van der Waals surface area contributed by atoms with Crippen LogP contribution >= 0.6 is 11.6 Å². The Morgan fingerprint density at radius 2 is 2.00 bits per heavy atom. The second-order valence-electron chi connectivity index (χ2n) is 5.28. The monoisotopic (exact) mass is 266 g/mol. The van der Waals surface area contributed by atoms with Gasteiger partial charge >= 0.3 is 0 Å². The maximum Gasteiger partial charge on any atom is 0.0636 e. The normalized spacial score (nSPS) is 25.3. The van der Waals surface area contributed by atoms with Crippen LogP contribution in [0.4, 0.5) is 0 Å². The molecule has 1 aliphatic rings. The molecule has 2 rings (SSSR count). The third-order valence-electron chi connectivity index (χ3n) is 3.95. The third-order valence-corrected chi connectivity index (χ3v) is 4.56. The first-order valence-electron chi connectivity index (χ1n) is 7.03. The summed E-state index contributed by atoms with van der Waals surface area (Å²) >= 11 is 6.62. The van der Waals surface area contributed by atoms with Gasteiger partial charge in [0, 0.05) is 5.92 Å². The molecule has 18 heavy (non-hydrogen) atoms. The fourth-order valence-electron chi connectivity index (χ4n) is 2.82. The van der Waals surface area contributed by atoms with Gasteiger partial charge in [0.05, 0.1) is 18.1 Å². The molecular formula is C16H23ClO. The maximum absolute atomic E-state index is 6.62. The Labute approximate surface area is 115 Å². The zero-order valence-electron chi connectivity index (χ0n) is 11.6. The molecule has 1 heterocycles. The molecular weight excluding hydrogens is 244 g/mol. The SMILES string of the molecule is CCc1ccc(C(Cl)C2COC(C)C2)cc1CC. The van der Waals surface area contributed by atoms with Crippen LogP contribution in [-0.4, -0.2) is 12.7 Å². The molecule has 0 aromatic heterocycles. The van der Waals surface area contributed by atoms with E-state index < -0.39 is 0 Å². The molecule has 1 fully saturated rings. The number of aryl methyl sites for hydroxylation is 2. The zero-order valence-corrected chi connectivity index (χ0v) is 12.3. The summed E-state index contributed by atoms with van der Waals surface area (Å²) in [4.78, 5) is 0. The molecule has 3 unspecified atom stereocenters. The molecule has 1 aromatic carbocycles. The summed E-state index contributed by atoms with van der Waals surface area (Å²) < 4.78 is 5.63. The van der Waals surface area contributed by atoms with Crippen molar-refractivity contribution in [1.82, 2.24) is 0 Å². The molecule has 0 radical (unpaired) electrons. The van der Waals surface area contributed by atoms with E-state index in [4.69, 9.17) is 16.3 Å². The van der Waals surface area contributed by atoms with E-state index in [9.17, 15) is 0 Å². The first kappa shape index (κ1) is 13.9. The number of rotatable bonds is 4. The van der Waals surface area contributed by atoms with Crippen molar-refractivity contribution in [2.24, 2.45) is 5.92 Å². The van der Waals surface area contributed by atoms with Crippen molar-refractivity contribution in [3.05, 3.63) is 34.9 Å². The summed E-state index contributed by atoms with van der Waals surface area (Å²) in [6.45, 7) is 7.34. The quantitative estimate of drug-likeness (QED) is 0.729. The Kier molecular flexibility index (Phi) is 4.69. The second-order valence-corrected chi connectivity index (χ2v) is 5.75. The van der Waals surface area contributed by atoms with Crippen LogP contribution in [0.5, 0.6) is 0 Å². The highest BCUT2D eigenvalue weighted by Gasteiger charge is 2.29. The Bertz CT molecular complexity index is 402. The lowest BCUT2D eigenvalue weighted by Crippen LogP contribution is -2.09. The van der Waals surface area contributed by atoms with Gasteiger partial charge in [0.25, 0.3) is 0 Å². The van der Waals surface area contributed by atoms with Crippen molar-refractivity contribution in [1.29, 1.82) is 0 Å². The average Bonchev–Trinajstić information content (AvgIpc) is 2.83. The maximum atomic E-state index is 6.62. The van der Waals surface area contributed by atoms with Crippen LogP contribution in [0.2, 0.25) is 0 Å². The van der Waals surface area contributed by atoms with Gasteiger partial charge in [-0.2, -0.15) is 0 Å². The van der Waals surface area contributed by atoms with Crippen LogP contribution in [0.3, 0.4) is 0 Å². The van der Waals surface area contributed by atoms with Crippen molar-refractivity contribution >= 4 is 11.6 Å². The average molecular weight is 267 g/mol. The van der Waals surface area contributed by atoms with Gasteiger partial charge in [0.2, 0.25) is 0 Å². The summed E-state index contributed by atoms with van der Waals surface area (Å²) in [5.41, 5.74) is 4.14. The molecule has 1 aliphatic heterocycles. The van der Waals surface area contributed by atoms with Gasteiger partial charge in [-0.15, -0.1) is 11.6 Å². The first-order chi connectivity index (χ1) is 8.65. The molecule has 0 saturated carbocycles. The largest absolute Gasteiger partial charge is 0.378 e. The van der Waals surface area contributed by atoms with Crippen molar-refractivity contribution in [3.63, 3.8) is 0 Å². The lowest BCUT2D eigenvalue weighted by Gasteiger charge is -2.18. The van der Waals surface area contributed by atoms with E-state index in [0.717, 1.165) is 25.9 Å². The third kappa shape index (κ3) is 2.89. The number of alkyl halides is 1. The number of ether oxygens (including phenoxy) is 1. The Morgan fingerprint density at radius 1 is 1.28 bits per heavy atom. The predicted molar refractivity (Wildman–Crippen MR) is 77.3 cm³/mol. The van der Waals surface area contributed by atoms with E-state index in [1.807, 2.05) is 0 Å². The van der Waals surface area contributed by atoms with Crippen molar-refractivity contribution in [2.75, 3.05) is 6.61 Å². The second kappa shape index (κ2) is 6.08. The lowest BCUT2D eigenvalue weighted by atomic mass is 9.92. The highest BCUT2D eigenvalue weighted by atomic mass is 35.5. The molecule has 0 N–H and O–H groups in total. The van der Waals surface area contributed by atoms with Crippen LogP contribution in [0.15, 0.2) is 18.2 Å². The smallest absolute Gasteiger partial charge is 0.0636 e. The molecule has 3 atom stereocenters. The summed E-state index contributed by atoms with van der Waals surface area (Å²) in [7, 11) is 0. The number of halogens is 1. The number of benzene rings is 1. The van der Waals surface area contributed by atoms with E-state index in [1.165, 1.54) is 16.7 Å². The van der Waals surface area contributed by atoms with Crippen molar-refractivity contribution < 1.29 is 4.74 Å². The molecule has 1 nitrogen and oxygen atoms in total. The standard InChI is InChI=1S/C16H23ClO/c1-4-12-6-7-14(9-13(12)5-2)16(17)15-8-11(3)18-10-15/h6-7,9,11,15-16H,4-5,8,10H2,1-3H3. The number of hydrogen-bond acceptors (Lipinski definition) is 1. The van der Waals surface area contributed by atoms with E-state index in [2.05, 4.69) is 39.0 Å². The van der Waals surface area contributed by atoms with E-state index >= 15 is 0 Å². The van der Waals surface area contributed by atoms with E-state index in [1.54, 1.807) is 0 Å². The minimum atomic E-state index is 0.0890. The lowest BCUT2D eigenvalue weighted by molar-refractivity contribution is 0.120. The highest BCUT2D eigenvalue weighted by Crippen LogP contribution is 2.37. The minimum absolute atomic E-state index is 0.0890. The van der Waals surface area contributed by atoms with Gasteiger partial charge in [-0.05, 0) is 42.9 Å². The molecule has 0 spiro atoms. The zero-order chi connectivity index (χ0) is 13.1. The summed E-state index contributed by atoms with van der Waals surface area (Å²) in [6.07, 6.45) is 3.61. The molecule has 0 aliphatic carbocycles. The van der Waals surface area contributed by atoms with Crippen LogP contribution in [0.1, 0.15) is 49.3 Å². The van der Waals surface area contributed by atoms with E-state index in [0.29, 0.717) is 12.0 Å². The Balaban J connectivity index is 2.17. The molecule has 0 bridgehead atoms. The summed E-state index contributed by atoms with van der Waals surface area (Å²) in [5.74, 6) is 0.457. The molecule has 1 saturated heterocycles. The fraction of sp³-hybridized carbons (Fsp3) is 0.625. The fourth-order valence-corrected chi connectivity index (χ4v) is 3.13. The first-order valence-corrected chi connectivity index (χ1v) is 7.46. The Morgan fingerprint density at radius 3 is 2.56 bits per heavy atom. The van der Waals surface area contributed by atoms with Crippen molar-refractivity contribution in [2.45, 2.75) is 51.5 Å². The number of hydrogen-bond donors (Lipinski definition) is 0. The van der Waals surface area contributed by atoms with Gasteiger partial charge < -0.3 is 4.74 Å². The van der Waals surface area contributed by atoms with Gasteiger partial charge in [-0.1, -0.05) is 32.0 Å². The minimum Gasteiger partial charge on any atom is -0.378 e. The molecule has 0 amide bonds. The van der Waals surface area contributed by atoms with Crippen molar-refractivity contribution in [3.8, 4) is 0 Å². The highest BCUT2D eigenvalue weighted by molar-refractivity contribution is 6.21. The van der Waals surface area contributed by atoms with Crippen LogP contribution in [0.25, 0.3) is 0 Å². The summed E-state index contributed by atoms with van der Waals surface area (Å²) in [6, 6.07) is 6.72. The Hall–Kier alpha value is -0.530. The van der Waals surface area contributed by atoms with E-state index in [-0.39, 0.29) is 5.38 Å². The van der Waals surface area contributed by atoms with Gasteiger partial charge in [-0.25, -0.2) is 0 Å². The van der Waals surface area contributed by atoms with Crippen LogP contribution < -0.4 is 0 Å². The molecule has 100 valence electrons. The van der Waals surface area contributed by atoms with Gasteiger partial charge in [0.15, 0.2) is 0 Å². The van der Waals surface area contributed by atoms with Crippen LogP contribution in [-0.2, 0) is 17.6 Å². The molecule has 1 aromatic rings. The predicted octanol–water partition coefficient (Wildman–Crippen LogP) is 4.52. The van der Waals surface area contributed by atoms with Crippen LogP contribution in [0, 0.1) is 5.92 Å². The topological polar surface area (TPSA) is 9.23 Å². The molecule has 2 heteroatoms. The van der Waals surface area contributed by atoms with Gasteiger partial charge in [-0.3, -0.25) is 0 Å². The summed E-state index contributed by atoms with van der Waals surface area (Å²) in [5, 5.41) is 0.0890. The van der Waals surface area contributed by atoms with Gasteiger partial charge in [0.1, 0.15) is 0 Å².